The zero-order valence-corrected chi connectivity index (χ0v) is 19.4. The van der Waals surface area contributed by atoms with Crippen molar-refractivity contribution in [2.75, 3.05) is 13.7 Å². The molecule has 3 rings (SSSR count). The van der Waals surface area contributed by atoms with Crippen LogP contribution in [0.5, 0.6) is 5.75 Å². The van der Waals surface area contributed by atoms with E-state index in [1.54, 1.807) is 32.2 Å². The van der Waals surface area contributed by atoms with Gasteiger partial charge in [0.1, 0.15) is 17.5 Å². The zero-order chi connectivity index (χ0) is 23.5. The van der Waals surface area contributed by atoms with Gasteiger partial charge in [-0.1, -0.05) is 31.6 Å². The number of rotatable bonds is 2. The van der Waals surface area contributed by atoms with Gasteiger partial charge in [-0.3, -0.25) is 14.4 Å². The van der Waals surface area contributed by atoms with Crippen molar-refractivity contribution in [3.63, 3.8) is 0 Å². The molecule has 0 aromatic heterocycles. The van der Waals surface area contributed by atoms with Crippen molar-refractivity contribution < 1.29 is 33.3 Å². The van der Waals surface area contributed by atoms with Gasteiger partial charge >= 0.3 is 5.97 Å². The van der Waals surface area contributed by atoms with Crippen molar-refractivity contribution in [3.05, 3.63) is 41.5 Å². The monoisotopic (exact) mass is 444 g/mol. The Morgan fingerprint density at radius 1 is 1.06 bits per heavy atom. The highest BCUT2D eigenvalue weighted by Crippen LogP contribution is 2.40. The van der Waals surface area contributed by atoms with E-state index < -0.39 is 35.8 Å². The van der Waals surface area contributed by atoms with E-state index in [2.05, 4.69) is 0 Å². The Hall–Kier alpha value is -2.51. The maximum Gasteiger partial charge on any atom is 0.316 e. The van der Waals surface area contributed by atoms with Gasteiger partial charge in [-0.05, 0) is 32.1 Å². The van der Waals surface area contributed by atoms with Crippen LogP contribution in [0.1, 0.15) is 58.8 Å². The first-order valence-electron chi connectivity index (χ1n) is 11.0. The van der Waals surface area contributed by atoms with Crippen LogP contribution < -0.4 is 4.74 Å². The molecule has 2 aliphatic rings. The number of hydrogen-bond donors (Lipinski definition) is 0. The first kappa shape index (κ1) is 24.1. The van der Waals surface area contributed by atoms with Gasteiger partial charge in [0.2, 0.25) is 0 Å². The smallest absolute Gasteiger partial charge is 0.316 e. The minimum atomic E-state index is -0.874. The van der Waals surface area contributed by atoms with Crippen LogP contribution in [-0.4, -0.2) is 43.5 Å². The van der Waals surface area contributed by atoms with E-state index in [0.717, 1.165) is 11.1 Å². The van der Waals surface area contributed by atoms with Crippen LogP contribution in [0.25, 0.3) is 0 Å². The van der Waals surface area contributed by atoms with E-state index in [1.165, 1.54) is 0 Å². The van der Waals surface area contributed by atoms with Gasteiger partial charge in [-0.25, -0.2) is 0 Å². The minimum Gasteiger partial charge on any atom is -0.497 e. The van der Waals surface area contributed by atoms with Gasteiger partial charge < -0.3 is 18.9 Å². The number of methoxy groups -OCH3 is 1. The van der Waals surface area contributed by atoms with Crippen molar-refractivity contribution in [2.45, 2.75) is 65.5 Å². The molecule has 0 aliphatic carbocycles. The normalized spacial score (nSPS) is 31.2. The molecule has 174 valence electrons. The lowest BCUT2D eigenvalue weighted by atomic mass is 9.77. The summed E-state index contributed by atoms with van der Waals surface area (Å²) in [4.78, 5) is 38.2. The van der Waals surface area contributed by atoms with E-state index in [9.17, 15) is 14.4 Å². The first-order chi connectivity index (χ1) is 15.1. The Kier molecular flexibility index (Phi) is 7.51. The maximum absolute atomic E-state index is 13.1. The molecule has 1 saturated heterocycles. The van der Waals surface area contributed by atoms with E-state index in [4.69, 9.17) is 18.9 Å². The molecule has 32 heavy (non-hydrogen) atoms. The molecule has 0 spiro atoms. The molecule has 0 N–H and O–H groups in total. The van der Waals surface area contributed by atoms with Gasteiger partial charge in [-0.15, -0.1) is 0 Å². The molecule has 2 unspecified atom stereocenters. The number of allylic oxidation sites excluding steroid dienone is 1. The third kappa shape index (κ3) is 5.45. The molecule has 1 aromatic carbocycles. The number of cyclic esters (lactones) is 1. The summed E-state index contributed by atoms with van der Waals surface area (Å²) in [5.41, 5.74) is 0.738. The molecule has 0 amide bonds. The summed E-state index contributed by atoms with van der Waals surface area (Å²) in [6.45, 7) is 7.23. The largest absolute Gasteiger partial charge is 0.497 e. The Morgan fingerprint density at radius 3 is 2.41 bits per heavy atom. The molecule has 0 saturated carbocycles. The average Bonchev–Trinajstić information content (AvgIpc) is 2.77. The summed E-state index contributed by atoms with van der Waals surface area (Å²) in [6, 6.07) is 7.28. The summed E-state index contributed by atoms with van der Waals surface area (Å²) in [5.74, 6) is -1.05. The van der Waals surface area contributed by atoms with Crippen LogP contribution >= 0.6 is 0 Å². The second-order valence-electron chi connectivity index (χ2n) is 9.11. The van der Waals surface area contributed by atoms with Crippen LogP contribution in [0.15, 0.2) is 35.9 Å². The lowest BCUT2D eigenvalue weighted by molar-refractivity contribution is -0.265. The van der Waals surface area contributed by atoms with Crippen LogP contribution in [0.3, 0.4) is 0 Å². The van der Waals surface area contributed by atoms with Crippen LogP contribution in [0.2, 0.25) is 0 Å². The number of fused-ring (bicyclic) bond motifs is 2. The second kappa shape index (κ2) is 9.96. The Labute approximate surface area is 189 Å². The van der Waals surface area contributed by atoms with E-state index in [0.29, 0.717) is 18.6 Å². The topological polar surface area (TPSA) is 88.1 Å². The van der Waals surface area contributed by atoms with Crippen LogP contribution in [0.4, 0.5) is 0 Å². The number of carbonyl (C=O) groups is 3. The van der Waals surface area contributed by atoms with E-state index in [-0.39, 0.29) is 24.6 Å². The number of hydrogen-bond acceptors (Lipinski definition) is 7. The quantitative estimate of drug-likeness (QED) is 0.504. The molecule has 0 radical (unpaired) electrons. The molecule has 4 atom stereocenters. The number of carbonyl (C=O) groups excluding carboxylic acids is 3. The van der Waals surface area contributed by atoms with Crippen molar-refractivity contribution in [1.29, 1.82) is 0 Å². The van der Waals surface area contributed by atoms with E-state index >= 15 is 0 Å². The molecule has 2 bridgehead atoms. The Balaban J connectivity index is 1.95. The third-order valence-corrected chi connectivity index (χ3v) is 6.29. The van der Waals surface area contributed by atoms with Gasteiger partial charge in [0.05, 0.1) is 31.3 Å². The standard InChI is InChI=1S/C25H32O7/c1-15-10-11-30-23(28)16(2)20(26)13-19-14-22(25(3,4)21(27)12-15)32-24(31-19)17-6-8-18(29-5)9-7-17/h6-9,12,16,19,22,24H,10-11,13-14H2,1-5H3/b15-12+/t16?,19-,22-,24?/m1/s1. The number of benzene rings is 1. The van der Waals surface area contributed by atoms with Crippen molar-refractivity contribution >= 4 is 17.5 Å². The molecular formula is C25H32O7. The Morgan fingerprint density at radius 2 is 1.75 bits per heavy atom. The molecule has 2 aliphatic heterocycles. The van der Waals surface area contributed by atoms with E-state index in [1.807, 2.05) is 32.9 Å². The SMILES string of the molecule is COc1ccc(C2O[C@@H]3CC(=O)C(C)C(=O)OCC/C(C)=C/C(=O)C(C)(C)[C@@H](C3)O2)cc1. The number of ether oxygens (including phenoxy) is 4. The van der Waals surface area contributed by atoms with Crippen LogP contribution in [-0.2, 0) is 28.6 Å². The summed E-state index contributed by atoms with van der Waals surface area (Å²) in [5, 5.41) is 0. The van der Waals surface area contributed by atoms with Gasteiger partial charge in [0.25, 0.3) is 0 Å². The molecule has 1 fully saturated rings. The fourth-order valence-electron chi connectivity index (χ4n) is 3.83. The zero-order valence-electron chi connectivity index (χ0n) is 19.4. The highest BCUT2D eigenvalue weighted by Gasteiger charge is 2.44. The summed E-state index contributed by atoms with van der Waals surface area (Å²) in [6.07, 6.45) is 0.731. The Bertz CT molecular complexity index is 884. The first-order valence-corrected chi connectivity index (χ1v) is 11.0. The van der Waals surface area contributed by atoms with Gasteiger partial charge in [0, 0.05) is 24.8 Å². The van der Waals surface area contributed by atoms with Crippen molar-refractivity contribution in [3.8, 4) is 5.75 Å². The molecule has 1 aromatic rings. The fraction of sp³-hybridized carbons (Fsp3) is 0.560. The lowest BCUT2D eigenvalue weighted by Gasteiger charge is -2.42. The van der Waals surface area contributed by atoms with Gasteiger partial charge in [0.15, 0.2) is 12.1 Å². The minimum absolute atomic E-state index is 0.0436. The average molecular weight is 445 g/mol. The highest BCUT2D eigenvalue weighted by molar-refractivity contribution is 5.99. The molecular weight excluding hydrogens is 412 g/mol. The fourth-order valence-corrected chi connectivity index (χ4v) is 3.83. The molecule has 2 heterocycles. The number of esters is 1. The highest BCUT2D eigenvalue weighted by atomic mass is 16.7. The molecule has 7 heteroatoms. The number of Topliss-reactive ketones (excluding diaryl/α,β-unsaturated/α-hetero) is 1. The third-order valence-electron chi connectivity index (χ3n) is 6.29. The summed E-state index contributed by atoms with van der Waals surface area (Å²) < 4.78 is 22.9. The second-order valence-corrected chi connectivity index (χ2v) is 9.11. The van der Waals surface area contributed by atoms with Crippen LogP contribution in [0, 0.1) is 11.3 Å². The maximum atomic E-state index is 13.1. The molecule has 7 nitrogen and oxygen atoms in total. The predicted molar refractivity (Wildman–Crippen MR) is 117 cm³/mol. The predicted octanol–water partition coefficient (Wildman–Crippen LogP) is 3.95. The van der Waals surface area contributed by atoms with Crippen molar-refractivity contribution in [2.24, 2.45) is 11.3 Å². The van der Waals surface area contributed by atoms with Crippen molar-refractivity contribution in [1.82, 2.24) is 0 Å². The lowest BCUT2D eigenvalue weighted by Crippen LogP contribution is -2.46. The summed E-state index contributed by atoms with van der Waals surface area (Å²) >= 11 is 0. The van der Waals surface area contributed by atoms with Gasteiger partial charge in [-0.2, -0.15) is 0 Å². The summed E-state index contributed by atoms with van der Waals surface area (Å²) in [7, 11) is 1.59. The number of ketones is 2.